The molecule has 3 heterocycles. The van der Waals surface area contributed by atoms with Crippen molar-refractivity contribution in [2.45, 2.75) is 19.4 Å². The van der Waals surface area contributed by atoms with Crippen molar-refractivity contribution < 1.29 is 18.4 Å². The number of ether oxygens (including phenoxy) is 1. The maximum absolute atomic E-state index is 14.8. The van der Waals surface area contributed by atoms with E-state index < -0.39 is 0 Å². The number of aldehydes is 1. The number of halogens is 1. The number of rotatable bonds is 6. The predicted molar refractivity (Wildman–Crippen MR) is 117 cm³/mol. The minimum Gasteiger partial charge on any atom is -0.377 e. The van der Waals surface area contributed by atoms with E-state index in [2.05, 4.69) is 25.2 Å². The van der Waals surface area contributed by atoms with E-state index in [-0.39, 0.29) is 11.9 Å². The van der Waals surface area contributed by atoms with E-state index >= 15 is 0 Å². The second-order valence-electron chi connectivity index (χ2n) is 7.85. The van der Waals surface area contributed by atoms with Crippen molar-refractivity contribution in [2.24, 2.45) is 0 Å². The van der Waals surface area contributed by atoms with Crippen molar-refractivity contribution >= 4 is 12.0 Å². The number of hydrogen-bond acceptors (Lipinski definition) is 8. The van der Waals surface area contributed by atoms with E-state index in [0.29, 0.717) is 54.4 Å². The molecule has 1 aliphatic rings. The Bertz CT molecular complexity index is 1260. The van der Waals surface area contributed by atoms with Crippen LogP contribution in [0.5, 0.6) is 0 Å². The van der Waals surface area contributed by atoms with Crippen LogP contribution >= 0.6 is 0 Å². The van der Waals surface area contributed by atoms with Gasteiger partial charge in [0.05, 0.1) is 37.3 Å². The monoisotopic (exact) mass is 448 g/mol. The zero-order valence-corrected chi connectivity index (χ0v) is 17.9. The van der Waals surface area contributed by atoms with Crippen LogP contribution in [0.25, 0.3) is 17.1 Å². The van der Waals surface area contributed by atoms with E-state index in [1.165, 1.54) is 17.3 Å². The Morgan fingerprint density at radius 3 is 2.82 bits per heavy atom. The van der Waals surface area contributed by atoms with Gasteiger partial charge in [-0.05, 0) is 54.8 Å². The predicted octanol–water partition coefficient (Wildman–Crippen LogP) is 3.03. The summed E-state index contributed by atoms with van der Waals surface area (Å²) >= 11 is 0. The molecule has 0 spiro atoms. The lowest BCUT2D eigenvalue weighted by Gasteiger charge is -2.38. The largest absolute Gasteiger partial charge is 0.377 e. The van der Waals surface area contributed by atoms with Crippen LogP contribution < -0.4 is 4.90 Å². The van der Waals surface area contributed by atoms with Gasteiger partial charge in [0.25, 0.3) is 0 Å². The lowest BCUT2D eigenvalue weighted by atomic mass is 9.99. The fraction of sp³-hybridized carbons (Fsp3) is 0.261. The van der Waals surface area contributed by atoms with Crippen molar-refractivity contribution in [3.8, 4) is 17.1 Å². The molecule has 1 saturated heterocycles. The van der Waals surface area contributed by atoms with Crippen LogP contribution in [0.1, 0.15) is 21.5 Å². The second-order valence-corrected chi connectivity index (χ2v) is 7.85. The Morgan fingerprint density at radius 1 is 1.21 bits per heavy atom. The number of morpholine rings is 1. The van der Waals surface area contributed by atoms with Crippen LogP contribution in [0.2, 0.25) is 0 Å². The fourth-order valence-electron chi connectivity index (χ4n) is 4.21. The van der Waals surface area contributed by atoms with Gasteiger partial charge in [0.2, 0.25) is 12.2 Å². The first-order chi connectivity index (χ1) is 16.1. The van der Waals surface area contributed by atoms with E-state index in [0.717, 1.165) is 17.5 Å². The molecule has 0 N–H and O–H groups in total. The smallest absolute Gasteiger partial charge is 0.214 e. The molecule has 0 aliphatic carbocycles. The average Bonchev–Trinajstić information content (AvgIpc) is 3.55. The zero-order valence-electron chi connectivity index (χ0n) is 17.9. The Kier molecular flexibility index (Phi) is 5.66. The molecule has 0 saturated carbocycles. The molecule has 1 aliphatic heterocycles. The molecule has 1 atom stereocenters. The summed E-state index contributed by atoms with van der Waals surface area (Å²) in [5, 5.41) is 12.3. The molecule has 0 radical (unpaired) electrons. The summed E-state index contributed by atoms with van der Waals surface area (Å²) in [4.78, 5) is 19.5. The fourth-order valence-corrected chi connectivity index (χ4v) is 4.21. The molecule has 168 valence electrons. The van der Waals surface area contributed by atoms with Gasteiger partial charge >= 0.3 is 0 Å². The van der Waals surface area contributed by atoms with Crippen LogP contribution in [-0.4, -0.2) is 57.2 Å². The summed E-state index contributed by atoms with van der Waals surface area (Å²) in [6.45, 7) is 3.42. The third kappa shape index (κ3) is 4.12. The average molecular weight is 448 g/mol. The maximum atomic E-state index is 14.8. The number of hydrogen-bond donors (Lipinski definition) is 0. The standard InChI is InChI=1S/C23H21FN6O3/c1-15-8-18(12-31)22(30-26-4-5-27-30)21(9-15)29-6-7-32-13-19(29)11-17-10-16(2-3-20(17)24)23-25-14-33-28-23/h2-5,8-10,12,14,19H,6-7,11,13H2,1H3/t19-/m1/s1. The van der Waals surface area contributed by atoms with Gasteiger partial charge < -0.3 is 14.2 Å². The molecule has 10 heteroatoms. The van der Waals surface area contributed by atoms with Crippen molar-refractivity contribution in [1.29, 1.82) is 0 Å². The Morgan fingerprint density at radius 2 is 2.06 bits per heavy atom. The van der Waals surface area contributed by atoms with Gasteiger partial charge in [0, 0.05) is 17.7 Å². The molecule has 33 heavy (non-hydrogen) atoms. The number of carbonyl (C=O) groups is 1. The number of anilines is 1. The Labute approximate surface area is 188 Å². The van der Waals surface area contributed by atoms with E-state index in [4.69, 9.17) is 9.26 Å². The molecule has 0 unspecified atom stereocenters. The number of nitrogens with zero attached hydrogens (tertiary/aromatic N) is 6. The van der Waals surface area contributed by atoms with Crippen LogP contribution in [0.3, 0.4) is 0 Å². The van der Waals surface area contributed by atoms with Gasteiger partial charge in [0.1, 0.15) is 11.5 Å². The van der Waals surface area contributed by atoms with Gasteiger partial charge in [-0.15, -0.1) is 4.80 Å². The SMILES string of the molecule is Cc1cc(C=O)c(-n2nccn2)c(N2CCOC[C@H]2Cc2cc(-c3ncon3)ccc2F)c1. The quantitative estimate of drug-likeness (QED) is 0.415. The van der Waals surface area contributed by atoms with Crippen molar-refractivity contribution in [3.63, 3.8) is 0 Å². The van der Waals surface area contributed by atoms with Gasteiger partial charge in [-0.2, -0.15) is 15.2 Å². The molecular weight excluding hydrogens is 427 g/mol. The molecule has 0 amide bonds. The minimum atomic E-state index is -0.320. The van der Waals surface area contributed by atoms with Crippen LogP contribution in [0, 0.1) is 12.7 Å². The highest BCUT2D eigenvalue weighted by molar-refractivity contribution is 5.87. The number of benzene rings is 2. The molecular formula is C23H21FN6O3. The van der Waals surface area contributed by atoms with Crippen molar-refractivity contribution in [1.82, 2.24) is 25.1 Å². The van der Waals surface area contributed by atoms with Crippen molar-refractivity contribution in [2.75, 3.05) is 24.7 Å². The zero-order chi connectivity index (χ0) is 22.8. The molecule has 2 aromatic carbocycles. The summed E-state index contributed by atoms with van der Waals surface area (Å²) in [5.74, 6) is 0.0777. The molecule has 0 bridgehead atoms. The van der Waals surface area contributed by atoms with Crippen LogP contribution in [0.4, 0.5) is 10.1 Å². The molecule has 1 fully saturated rings. The first-order valence-electron chi connectivity index (χ1n) is 10.5. The lowest BCUT2D eigenvalue weighted by Crippen LogP contribution is -2.47. The van der Waals surface area contributed by atoms with Gasteiger partial charge in [0.15, 0.2) is 6.29 Å². The summed E-state index contributed by atoms with van der Waals surface area (Å²) in [5.41, 5.74) is 3.99. The molecule has 4 aromatic rings. The topological polar surface area (TPSA) is 99.2 Å². The van der Waals surface area contributed by atoms with Gasteiger partial charge in [-0.25, -0.2) is 4.39 Å². The summed E-state index contributed by atoms with van der Waals surface area (Å²) in [6.07, 6.45) is 5.55. The highest BCUT2D eigenvalue weighted by Gasteiger charge is 2.29. The van der Waals surface area contributed by atoms with Crippen molar-refractivity contribution in [3.05, 3.63) is 71.6 Å². The summed E-state index contributed by atoms with van der Waals surface area (Å²) < 4.78 is 25.4. The molecule has 5 rings (SSSR count). The van der Waals surface area contributed by atoms with Gasteiger partial charge in [-0.3, -0.25) is 4.79 Å². The Hall–Kier alpha value is -3.92. The highest BCUT2D eigenvalue weighted by Crippen LogP contribution is 2.32. The third-order valence-corrected chi connectivity index (χ3v) is 5.67. The molecule has 9 nitrogen and oxygen atoms in total. The van der Waals surface area contributed by atoms with E-state index in [1.54, 1.807) is 30.6 Å². The number of aryl methyl sites for hydroxylation is 1. The molecule has 2 aromatic heterocycles. The number of carbonyl (C=O) groups excluding carboxylic acids is 1. The first kappa shape index (κ1) is 21.0. The van der Waals surface area contributed by atoms with E-state index in [1.807, 2.05) is 13.0 Å². The normalized spacial score (nSPS) is 16.2. The Balaban J connectivity index is 1.54. The van der Waals surface area contributed by atoms with Crippen LogP contribution in [-0.2, 0) is 11.2 Å². The number of aromatic nitrogens is 5. The summed E-state index contributed by atoms with van der Waals surface area (Å²) in [7, 11) is 0. The second kappa shape index (κ2) is 8.91. The lowest BCUT2D eigenvalue weighted by molar-refractivity contribution is 0.0938. The first-order valence-corrected chi connectivity index (χ1v) is 10.5. The maximum Gasteiger partial charge on any atom is 0.214 e. The minimum absolute atomic E-state index is 0.176. The van der Waals surface area contributed by atoms with E-state index in [9.17, 15) is 9.18 Å². The third-order valence-electron chi connectivity index (χ3n) is 5.67. The summed E-state index contributed by atoms with van der Waals surface area (Å²) in [6, 6.07) is 8.39. The highest BCUT2D eigenvalue weighted by atomic mass is 19.1. The van der Waals surface area contributed by atoms with Crippen LogP contribution in [0.15, 0.2) is 53.6 Å². The van der Waals surface area contributed by atoms with Gasteiger partial charge in [-0.1, -0.05) is 5.16 Å².